The number of hydrogen-bond acceptors (Lipinski definition) is 3. The molecule has 1 heterocycles. The number of amides is 1. The number of ether oxygens (including phenoxy) is 1. The molecule has 1 atom stereocenters. The third kappa shape index (κ3) is 3.76. The zero-order chi connectivity index (χ0) is 12.0. The van der Waals surface area contributed by atoms with Gasteiger partial charge in [-0.15, -0.1) is 0 Å². The Morgan fingerprint density at radius 2 is 1.94 bits per heavy atom. The van der Waals surface area contributed by atoms with E-state index in [9.17, 15) is 4.79 Å². The average Bonchev–Trinajstić information content (AvgIpc) is 2.35. The zero-order valence-corrected chi connectivity index (χ0v) is 10.4. The van der Waals surface area contributed by atoms with E-state index in [1.807, 2.05) is 0 Å². The number of carbonyl (C=O) groups excluding carboxylic acids is 1. The third-order valence-electron chi connectivity index (χ3n) is 3.41. The lowest BCUT2D eigenvalue weighted by Gasteiger charge is -2.28. The first-order chi connectivity index (χ1) is 7.69. The van der Waals surface area contributed by atoms with Gasteiger partial charge in [-0.05, 0) is 31.6 Å². The van der Waals surface area contributed by atoms with E-state index < -0.39 is 0 Å². The molecule has 3 N–H and O–H groups in total. The first kappa shape index (κ1) is 13.5. The molecule has 1 rings (SSSR count). The minimum atomic E-state index is -0.371. The molecule has 1 fully saturated rings. The van der Waals surface area contributed by atoms with Crippen LogP contribution in [0.1, 0.15) is 39.5 Å². The molecule has 1 aliphatic heterocycles. The Morgan fingerprint density at radius 1 is 1.38 bits per heavy atom. The van der Waals surface area contributed by atoms with Crippen molar-refractivity contribution in [3.05, 3.63) is 0 Å². The first-order valence-corrected chi connectivity index (χ1v) is 6.32. The Balaban J connectivity index is 2.39. The second kappa shape index (κ2) is 6.86. The van der Waals surface area contributed by atoms with Gasteiger partial charge in [0.05, 0.1) is 6.04 Å². The van der Waals surface area contributed by atoms with E-state index in [0.29, 0.717) is 0 Å². The Morgan fingerprint density at radius 3 is 2.44 bits per heavy atom. The van der Waals surface area contributed by atoms with E-state index in [1.165, 1.54) is 0 Å². The Hall–Kier alpha value is -0.610. The number of nitrogens with two attached hydrogens (primary N) is 1. The van der Waals surface area contributed by atoms with Gasteiger partial charge in [0.25, 0.3) is 0 Å². The molecule has 0 aromatic heterocycles. The summed E-state index contributed by atoms with van der Waals surface area (Å²) >= 11 is 0. The molecule has 4 heteroatoms. The molecule has 1 unspecified atom stereocenters. The smallest absolute Gasteiger partial charge is 0.237 e. The van der Waals surface area contributed by atoms with Gasteiger partial charge in [0.2, 0.25) is 5.91 Å². The van der Waals surface area contributed by atoms with Crippen molar-refractivity contribution in [3.63, 3.8) is 0 Å². The van der Waals surface area contributed by atoms with Crippen LogP contribution in [0.3, 0.4) is 0 Å². The summed E-state index contributed by atoms with van der Waals surface area (Å²) in [5.74, 6) is 0.281. The molecular weight excluding hydrogens is 204 g/mol. The van der Waals surface area contributed by atoms with Gasteiger partial charge in [0.15, 0.2) is 0 Å². The second-order valence-electron chi connectivity index (χ2n) is 4.50. The van der Waals surface area contributed by atoms with Crippen LogP contribution < -0.4 is 11.1 Å². The first-order valence-electron chi connectivity index (χ1n) is 6.32. The van der Waals surface area contributed by atoms with Gasteiger partial charge in [-0.1, -0.05) is 13.8 Å². The minimum absolute atomic E-state index is 0.000556. The predicted molar refractivity (Wildman–Crippen MR) is 64.0 cm³/mol. The van der Waals surface area contributed by atoms with Crippen molar-refractivity contribution in [2.45, 2.75) is 51.6 Å². The van der Waals surface area contributed by atoms with Crippen LogP contribution in [-0.2, 0) is 9.53 Å². The largest absolute Gasteiger partial charge is 0.381 e. The van der Waals surface area contributed by atoms with Crippen molar-refractivity contribution in [1.29, 1.82) is 0 Å². The average molecular weight is 228 g/mol. The van der Waals surface area contributed by atoms with Crippen LogP contribution in [0.15, 0.2) is 0 Å². The maximum atomic E-state index is 11.9. The summed E-state index contributed by atoms with van der Waals surface area (Å²) in [6.45, 7) is 5.62. The summed E-state index contributed by atoms with van der Waals surface area (Å²) in [4.78, 5) is 11.9. The van der Waals surface area contributed by atoms with Crippen molar-refractivity contribution in [2.24, 2.45) is 11.7 Å². The lowest BCUT2D eigenvalue weighted by molar-refractivity contribution is -0.125. The molecular formula is C12H24N2O2. The third-order valence-corrected chi connectivity index (χ3v) is 3.41. The summed E-state index contributed by atoms with van der Waals surface area (Å²) < 4.78 is 5.27. The summed E-state index contributed by atoms with van der Waals surface area (Å²) in [6.07, 6.45) is 3.72. The van der Waals surface area contributed by atoms with E-state index in [-0.39, 0.29) is 23.9 Å². The Bertz CT molecular complexity index is 211. The Labute approximate surface area is 97.9 Å². The van der Waals surface area contributed by atoms with Crippen LogP contribution in [0, 0.1) is 5.92 Å². The number of nitrogens with one attached hydrogen (secondary N) is 1. The van der Waals surface area contributed by atoms with E-state index >= 15 is 0 Å². The standard InChI is InChI=1S/C12H24N2O2/c1-3-10(4-2)14-12(15)11(13)9-5-7-16-8-6-9/h9-11H,3-8,13H2,1-2H3,(H,14,15). The van der Waals surface area contributed by atoms with E-state index in [4.69, 9.17) is 10.5 Å². The second-order valence-corrected chi connectivity index (χ2v) is 4.50. The highest BCUT2D eigenvalue weighted by molar-refractivity contribution is 5.82. The number of rotatable bonds is 5. The van der Waals surface area contributed by atoms with Gasteiger partial charge < -0.3 is 15.8 Å². The topological polar surface area (TPSA) is 64.4 Å². The summed E-state index contributed by atoms with van der Waals surface area (Å²) in [7, 11) is 0. The van der Waals surface area contributed by atoms with Crippen LogP contribution in [0.4, 0.5) is 0 Å². The van der Waals surface area contributed by atoms with Gasteiger partial charge in [0, 0.05) is 19.3 Å². The van der Waals surface area contributed by atoms with E-state index in [2.05, 4.69) is 19.2 Å². The van der Waals surface area contributed by atoms with Crippen molar-refractivity contribution >= 4 is 5.91 Å². The van der Waals surface area contributed by atoms with Crippen molar-refractivity contribution in [3.8, 4) is 0 Å². The predicted octanol–water partition coefficient (Wildman–Crippen LogP) is 1.05. The summed E-state index contributed by atoms with van der Waals surface area (Å²) in [5.41, 5.74) is 5.98. The maximum absolute atomic E-state index is 11.9. The number of hydrogen-bond donors (Lipinski definition) is 2. The fourth-order valence-corrected chi connectivity index (χ4v) is 2.08. The molecule has 1 aliphatic rings. The van der Waals surface area contributed by atoms with Gasteiger partial charge in [-0.25, -0.2) is 0 Å². The molecule has 4 nitrogen and oxygen atoms in total. The molecule has 0 bridgehead atoms. The van der Waals surface area contributed by atoms with Crippen molar-refractivity contribution in [2.75, 3.05) is 13.2 Å². The van der Waals surface area contributed by atoms with E-state index in [1.54, 1.807) is 0 Å². The fraction of sp³-hybridized carbons (Fsp3) is 0.917. The Kier molecular flexibility index (Phi) is 5.77. The molecule has 0 aromatic rings. The minimum Gasteiger partial charge on any atom is -0.381 e. The molecule has 0 radical (unpaired) electrons. The van der Waals surface area contributed by atoms with Gasteiger partial charge in [-0.3, -0.25) is 4.79 Å². The van der Waals surface area contributed by atoms with Gasteiger partial charge in [0.1, 0.15) is 0 Å². The van der Waals surface area contributed by atoms with Crippen LogP contribution in [0.5, 0.6) is 0 Å². The molecule has 94 valence electrons. The summed E-state index contributed by atoms with van der Waals surface area (Å²) in [6, 6.07) is -0.108. The number of carbonyl (C=O) groups is 1. The summed E-state index contributed by atoms with van der Waals surface area (Å²) in [5, 5.41) is 3.01. The highest BCUT2D eigenvalue weighted by Gasteiger charge is 2.27. The van der Waals surface area contributed by atoms with Gasteiger partial charge in [-0.2, -0.15) is 0 Å². The normalized spacial score (nSPS) is 19.8. The highest BCUT2D eigenvalue weighted by Crippen LogP contribution is 2.17. The van der Waals surface area contributed by atoms with Crippen molar-refractivity contribution in [1.82, 2.24) is 5.32 Å². The van der Waals surface area contributed by atoms with E-state index in [0.717, 1.165) is 38.9 Å². The molecule has 1 saturated heterocycles. The lowest BCUT2D eigenvalue weighted by atomic mass is 9.91. The van der Waals surface area contributed by atoms with Crippen LogP contribution in [-0.4, -0.2) is 31.2 Å². The monoisotopic (exact) mass is 228 g/mol. The van der Waals surface area contributed by atoms with Gasteiger partial charge >= 0.3 is 0 Å². The molecule has 1 amide bonds. The van der Waals surface area contributed by atoms with Crippen LogP contribution in [0.2, 0.25) is 0 Å². The quantitative estimate of drug-likeness (QED) is 0.739. The molecule has 16 heavy (non-hydrogen) atoms. The molecule has 0 aliphatic carbocycles. The molecule has 0 aromatic carbocycles. The van der Waals surface area contributed by atoms with Crippen LogP contribution in [0.25, 0.3) is 0 Å². The highest BCUT2D eigenvalue weighted by atomic mass is 16.5. The van der Waals surface area contributed by atoms with Crippen molar-refractivity contribution < 1.29 is 9.53 Å². The fourth-order valence-electron chi connectivity index (χ4n) is 2.08. The molecule has 0 saturated carbocycles. The maximum Gasteiger partial charge on any atom is 0.237 e. The lowest BCUT2D eigenvalue weighted by Crippen LogP contribution is -2.49. The molecule has 0 spiro atoms. The van der Waals surface area contributed by atoms with Crippen LogP contribution >= 0.6 is 0 Å². The SMILES string of the molecule is CCC(CC)NC(=O)C(N)C1CCOCC1. The zero-order valence-electron chi connectivity index (χ0n) is 10.4.